The van der Waals surface area contributed by atoms with Crippen molar-refractivity contribution >= 4 is 29.1 Å². The number of carbonyl (C=O) groups is 1. The van der Waals surface area contributed by atoms with Crippen LogP contribution in [0.1, 0.15) is 15.9 Å². The molecule has 0 spiro atoms. The second-order valence-corrected chi connectivity index (χ2v) is 5.58. The molecule has 0 aromatic heterocycles. The van der Waals surface area contributed by atoms with Crippen LogP contribution >= 0.6 is 0 Å². The topological polar surface area (TPSA) is 52.9 Å². The van der Waals surface area contributed by atoms with Crippen molar-refractivity contribution in [2.45, 2.75) is 0 Å². The van der Waals surface area contributed by atoms with E-state index in [1.165, 1.54) is 11.3 Å². The van der Waals surface area contributed by atoms with Crippen LogP contribution in [0.25, 0.3) is 5.57 Å². The zero-order chi connectivity index (χ0) is 17.6. The van der Waals surface area contributed by atoms with E-state index in [1.54, 1.807) is 30.5 Å². The Morgan fingerprint density at radius 1 is 1.08 bits per heavy atom. The maximum atomic E-state index is 10.8. The lowest BCUT2D eigenvalue weighted by molar-refractivity contribution is 0.0697. The van der Waals surface area contributed by atoms with Gasteiger partial charge in [-0.05, 0) is 48.1 Å². The minimum atomic E-state index is -0.937. The first-order chi connectivity index (χ1) is 12.1. The second kappa shape index (κ2) is 7.45. The highest BCUT2D eigenvalue weighted by molar-refractivity contribution is 5.88. The number of rotatable bonds is 4. The molecule has 3 rings (SSSR count). The summed E-state index contributed by atoms with van der Waals surface area (Å²) in [6.45, 7) is 0. The van der Waals surface area contributed by atoms with Gasteiger partial charge in [-0.2, -0.15) is 0 Å². The first-order valence-electron chi connectivity index (χ1n) is 7.90. The maximum Gasteiger partial charge on any atom is 0.335 e. The first-order valence-corrected chi connectivity index (χ1v) is 7.90. The molecule has 1 N–H and O–H groups in total. The quantitative estimate of drug-likeness (QED) is 0.827. The fourth-order valence-corrected chi connectivity index (χ4v) is 2.56. The van der Waals surface area contributed by atoms with Crippen molar-refractivity contribution in [1.82, 2.24) is 0 Å². The summed E-state index contributed by atoms with van der Waals surface area (Å²) in [5, 5.41) is 8.87. The molecule has 0 unspecified atom stereocenters. The van der Waals surface area contributed by atoms with Crippen molar-refractivity contribution in [1.29, 1.82) is 0 Å². The average molecular weight is 330 g/mol. The third-order valence-electron chi connectivity index (χ3n) is 3.88. The first kappa shape index (κ1) is 16.5. The number of aliphatic imine (C=N–C) groups is 1. The van der Waals surface area contributed by atoms with Gasteiger partial charge in [0.15, 0.2) is 0 Å². The molecule has 0 amide bonds. The summed E-state index contributed by atoms with van der Waals surface area (Å²) in [5.74, 6) is -0.937. The predicted molar refractivity (Wildman–Crippen MR) is 103 cm³/mol. The molecule has 0 bridgehead atoms. The number of aromatic carboxylic acids is 1. The zero-order valence-electron chi connectivity index (χ0n) is 13.8. The van der Waals surface area contributed by atoms with E-state index in [0.29, 0.717) is 5.69 Å². The molecule has 0 atom stereocenters. The van der Waals surface area contributed by atoms with Crippen molar-refractivity contribution in [3.8, 4) is 0 Å². The molecule has 4 nitrogen and oxygen atoms in total. The van der Waals surface area contributed by atoms with E-state index in [2.05, 4.69) is 28.1 Å². The van der Waals surface area contributed by atoms with Crippen molar-refractivity contribution in [3.63, 3.8) is 0 Å². The van der Waals surface area contributed by atoms with Crippen molar-refractivity contribution in [3.05, 3.63) is 90.2 Å². The molecule has 1 aliphatic heterocycles. The summed E-state index contributed by atoms with van der Waals surface area (Å²) in [5.41, 5.74) is 4.48. The molecule has 0 saturated heterocycles. The zero-order valence-corrected chi connectivity index (χ0v) is 13.8. The summed E-state index contributed by atoms with van der Waals surface area (Å²) in [6.07, 6.45) is 11.7. The third-order valence-corrected chi connectivity index (χ3v) is 3.88. The standard InChI is InChI=1S/C21H18N2O2/c1-23-15-13-16(19-7-2-3-8-20(19)23)6-4-5-14-22-18-11-9-17(10-12-18)21(24)25/h2-15H,1H3,(H,24,25)/b5-4+,16-6-,22-14?. The van der Waals surface area contributed by atoms with Crippen LogP contribution in [0.5, 0.6) is 0 Å². The number of nitrogens with zero attached hydrogens (tertiary/aromatic N) is 2. The van der Waals surface area contributed by atoms with E-state index >= 15 is 0 Å². The van der Waals surface area contributed by atoms with E-state index < -0.39 is 5.97 Å². The minimum Gasteiger partial charge on any atom is -0.478 e. The van der Waals surface area contributed by atoms with E-state index in [4.69, 9.17) is 5.11 Å². The normalized spacial score (nSPS) is 15.2. The highest BCUT2D eigenvalue weighted by atomic mass is 16.4. The molecule has 4 heteroatoms. The van der Waals surface area contributed by atoms with Gasteiger partial charge in [0.2, 0.25) is 0 Å². The molecule has 124 valence electrons. The number of para-hydroxylation sites is 1. The van der Waals surface area contributed by atoms with Gasteiger partial charge in [-0.15, -0.1) is 0 Å². The molecule has 0 fully saturated rings. The van der Waals surface area contributed by atoms with Gasteiger partial charge in [0.05, 0.1) is 11.3 Å². The molecule has 0 saturated carbocycles. The molecular formula is C21H18N2O2. The monoisotopic (exact) mass is 330 g/mol. The Morgan fingerprint density at radius 3 is 2.60 bits per heavy atom. The van der Waals surface area contributed by atoms with Crippen LogP contribution in [0.3, 0.4) is 0 Å². The Hall–Kier alpha value is -3.40. The van der Waals surface area contributed by atoms with Gasteiger partial charge in [0.1, 0.15) is 0 Å². The van der Waals surface area contributed by atoms with Crippen LogP contribution in [0.2, 0.25) is 0 Å². The number of fused-ring (bicyclic) bond motifs is 1. The highest BCUT2D eigenvalue weighted by Crippen LogP contribution is 2.31. The number of carboxylic acid groups (broad SMARTS) is 1. The maximum absolute atomic E-state index is 10.8. The fourth-order valence-electron chi connectivity index (χ4n) is 2.56. The van der Waals surface area contributed by atoms with Gasteiger partial charge >= 0.3 is 5.97 Å². The van der Waals surface area contributed by atoms with Gasteiger partial charge in [-0.3, -0.25) is 4.99 Å². The summed E-state index contributed by atoms with van der Waals surface area (Å²) in [7, 11) is 2.03. The van der Waals surface area contributed by atoms with E-state index in [-0.39, 0.29) is 5.56 Å². The Kier molecular flexibility index (Phi) is 4.90. The molecule has 0 radical (unpaired) electrons. The van der Waals surface area contributed by atoms with Gasteiger partial charge in [-0.1, -0.05) is 30.4 Å². The molecule has 2 aromatic carbocycles. The lowest BCUT2D eigenvalue weighted by Crippen LogP contribution is -2.13. The highest BCUT2D eigenvalue weighted by Gasteiger charge is 2.11. The number of hydrogen-bond acceptors (Lipinski definition) is 3. The Balaban J connectivity index is 1.69. The molecule has 1 heterocycles. The van der Waals surface area contributed by atoms with Crippen LogP contribution in [-0.2, 0) is 0 Å². The summed E-state index contributed by atoms with van der Waals surface area (Å²) >= 11 is 0. The Morgan fingerprint density at radius 2 is 1.84 bits per heavy atom. The second-order valence-electron chi connectivity index (χ2n) is 5.58. The average Bonchev–Trinajstić information content (AvgIpc) is 2.64. The van der Waals surface area contributed by atoms with Crippen LogP contribution in [0, 0.1) is 0 Å². The largest absolute Gasteiger partial charge is 0.478 e. The van der Waals surface area contributed by atoms with Gasteiger partial charge in [-0.25, -0.2) is 4.79 Å². The number of allylic oxidation sites excluding steroid dienone is 5. The Bertz CT molecular complexity index is 890. The number of hydrogen-bond donors (Lipinski definition) is 1. The number of anilines is 1. The number of carboxylic acids is 1. The van der Waals surface area contributed by atoms with E-state index in [1.807, 2.05) is 43.6 Å². The lowest BCUT2D eigenvalue weighted by Gasteiger charge is -2.23. The fraction of sp³-hybridized carbons (Fsp3) is 0.0476. The minimum absolute atomic E-state index is 0.256. The summed E-state index contributed by atoms with van der Waals surface area (Å²) in [4.78, 5) is 17.2. The SMILES string of the molecule is CN1C=C/C(=C/C=C/C=Nc2ccc(C(=O)O)cc2)c2ccccc21. The van der Waals surface area contributed by atoms with Gasteiger partial charge < -0.3 is 10.0 Å². The van der Waals surface area contributed by atoms with Gasteiger partial charge in [0, 0.05) is 30.7 Å². The summed E-state index contributed by atoms with van der Waals surface area (Å²) in [6, 6.07) is 14.7. The molecule has 25 heavy (non-hydrogen) atoms. The van der Waals surface area contributed by atoms with Crippen LogP contribution in [0.4, 0.5) is 11.4 Å². The molecule has 1 aliphatic rings. The predicted octanol–water partition coefficient (Wildman–Crippen LogP) is 4.69. The van der Waals surface area contributed by atoms with E-state index in [9.17, 15) is 4.79 Å². The van der Waals surface area contributed by atoms with Crippen LogP contribution in [-0.4, -0.2) is 24.3 Å². The lowest BCUT2D eigenvalue weighted by atomic mass is 10.00. The van der Waals surface area contributed by atoms with Crippen LogP contribution in [0.15, 0.2) is 84.0 Å². The molecule has 2 aromatic rings. The van der Waals surface area contributed by atoms with Crippen molar-refractivity contribution in [2.24, 2.45) is 4.99 Å². The molecule has 0 aliphatic carbocycles. The smallest absolute Gasteiger partial charge is 0.335 e. The summed E-state index contributed by atoms with van der Waals surface area (Å²) < 4.78 is 0. The third kappa shape index (κ3) is 3.93. The van der Waals surface area contributed by atoms with Crippen LogP contribution < -0.4 is 4.90 Å². The van der Waals surface area contributed by atoms with Gasteiger partial charge in [0.25, 0.3) is 0 Å². The van der Waals surface area contributed by atoms with Crippen molar-refractivity contribution < 1.29 is 9.90 Å². The molecular weight excluding hydrogens is 312 g/mol. The van der Waals surface area contributed by atoms with Crippen molar-refractivity contribution in [2.75, 3.05) is 11.9 Å². The van der Waals surface area contributed by atoms with E-state index in [0.717, 1.165) is 5.57 Å². The Labute approximate surface area is 146 Å². The number of benzene rings is 2.